The first-order valence-corrected chi connectivity index (χ1v) is 13.7. The number of nitrogens with one attached hydrogen (secondary N) is 1. The largest absolute Gasteiger partial charge is 0.508 e. The summed E-state index contributed by atoms with van der Waals surface area (Å²) in [6.45, 7) is 4.47. The lowest BCUT2D eigenvalue weighted by Gasteiger charge is -2.26. The van der Waals surface area contributed by atoms with Crippen molar-refractivity contribution in [3.63, 3.8) is 0 Å². The smallest absolute Gasteiger partial charge is 0.165 e. The van der Waals surface area contributed by atoms with Gasteiger partial charge in [-0.1, -0.05) is 31.2 Å². The second kappa shape index (κ2) is 9.61. The molecule has 7 heteroatoms. The van der Waals surface area contributed by atoms with E-state index < -0.39 is 5.82 Å². The summed E-state index contributed by atoms with van der Waals surface area (Å²) in [6.07, 6.45) is 6.61. The number of phenols is 2. The fourth-order valence-corrected chi connectivity index (χ4v) is 5.98. The van der Waals surface area contributed by atoms with Crippen LogP contribution in [0.2, 0.25) is 0 Å². The van der Waals surface area contributed by atoms with Crippen molar-refractivity contribution in [2.24, 2.45) is 4.99 Å². The lowest BCUT2D eigenvalue weighted by molar-refractivity contribution is 0.241. The normalized spacial score (nSPS) is 16.1. The number of aryl methyl sites for hydroxylation is 1. The number of phenolic OH excluding ortho intramolecular Hbond substituents is 2. The zero-order valence-electron chi connectivity index (χ0n) is 22.2. The third kappa shape index (κ3) is 4.32. The van der Waals surface area contributed by atoms with Crippen molar-refractivity contribution in [2.75, 3.05) is 6.54 Å². The molecule has 0 saturated heterocycles. The van der Waals surface area contributed by atoms with E-state index in [9.17, 15) is 14.6 Å². The second-order valence-corrected chi connectivity index (χ2v) is 10.7. The van der Waals surface area contributed by atoms with Gasteiger partial charge in [-0.2, -0.15) is 0 Å². The number of aromatic nitrogens is 2. The Bertz CT molecular complexity index is 1760. The van der Waals surface area contributed by atoms with E-state index in [1.165, 1.54) is 12.1 Å². The average molecular weight is 533 g/mol. The van der Waals surface area contributed by atoms with E-state index in [0.717, 1.165) is 93.6 Å². The summed E-state index contributed by atoms with van der Waals surface area (Å²) in [6, 6.07) is 16.4. The molecule has 0 saturated carbocycles. The van der Waals surface area contributed by atoms with Crippen LogP contribution >= 0.6 is 0 Å². The van der Waals surface area contributed by atoms with Crippen LogP contribution in [0.25, 0.3) is 22.3 Å². The quantitative estimate of drug-likeness (QED) is 0.267. The van der Waals surface area contributed by atoms with Crippen LogP contribution in [0.5, 0.6) is 11.5 Å². The number of aliphatic imine (C=N–C) groups is 1. The van der Waals surface area contributed by atoms with Crippen LogP contribution in [0.15, 0.2) is 71.7 Å². The summed E-state index contributed by atoms with van der Waals surface area (Å²) in [5, 5.41) is 19.7. The predicted molar refractivity (Wildman–Crippen MR) is 155 cm³/mol. The number of allylic oxidation sites excluding steroid dienone is 4. The zero-order valence-corrected chi connectivity index (χ0v) is 22.2. The van der Waals surface area contributed by atoms with Crippen molar-refractivity contribution in [1.29, 1.82) is 0 Å². The van der Waals surface area contributed by atoms with Gasteiger partial charge in [0.2, 0.25) is 0 Å². The molecule has 0 spiro atoms. The number of halogens is 1. The van der Waals surface area contributed by atoms with Crippen LogP contribution < -0.4 is 0 Å². The van der Waals surface area contributed by atoms with Gasteiger partial charge in [0.05, 0.1) is 22.8 Å². The van der Waals surface area contributed by atoms with Gasteiger partial charge in [-0.3, -0.25) is 9.89 Å². The topological polar surface area (TPSA) is 84.7 Å². The number of hydrogen-bond acceptors (Lipinski definition) is 5. The summed E-state index contributed by atoms with van der Waals surface area (Å²) < 4.78 is 14.3. The lowest BCUT2D eigenvalue weighted by atomic mass is 9.90. The van der Waals surface area contributed by atoms with Crippen molar-refractivity contribution in [1.82, 2.24) is 14.9 Å². The van der Waals surface area contributed by atoms with Crippen LogP contribution in [0.4, 0.5) is 10.1 Å². The fourth-order valence-electron chi connectivity index (χ4n) is 5.98. The number of fused-ring (bicyclic) bond motifs is 4. The molecule has 0 radical (unpaired) electrons. The van der Waals surface area contributed by atoms with Crippen molar-refractivity contribution in [3.8, 4) is 22.6 Å². The summed E-state index contributed by atoms with van der Waals surface area (Å²) in [5.74, 6) is 0.227. The van der Waals surface area contributed by atoms with Gasteiger partial charge >= 0.3 is 0 Å². The van der Waals surface area contributed by atoms with E-state index in [4.69, 9.17) is 9.98 Å². The molecule has 3 aromatic carbocycles. The molecule has 0 bridgehead atoms. The Morgan fingerprint density at radius 3 is 2.80 bits per heavy atom. The number of benzene rings is 3. The average Bonchev–Trinajstić information content (AvgIpc) is 3.54. The third-order valence-corrected chi connectivity index (χ3v) is 8.03. The van der Waals surface area contributed by atoms with Crippen molar-refractivity contribution < 1.29 is 14.6 Å². The lowest BCUT2D eigenvalue weighted by Crippen LogP contribution is -2.30. The maximum atomic E-state index is 14.3. The van der Waals surface area contributed by atoms with E-state index in [0.29, 0.717) is 18.6 Å². The Kier molecular flexibility index (Phi) is 5.90. The molecule has 1 aliphatic carbocycles. The Labute approximate surface area is 231 Å². The number of nitrogens with zero attached hydrogens (tertiary/aromatic N) is 3. The highest BCUT2D eigenvalue weighted by Gasteiger charge is 2.27. The highest BCUT2D eigenvalue weighted by molar-refractivity contribution is 6.32. The van der Waals surface area contributed by atoms with Crippen molar-refractivity contribution in [2.45, 2.75) is 39.3 Å². The minimum atomic E-state index is -0.617. The summed E-state index contributed by atoms with van der Waals surface area (Å²) in [7, 11) is 0. The van der Waals surface area contributed by atoms with E-state index in [1.54, 1.807) is 6.07 Å². The van der Waals surface area contributed by atoms with Gasteiger partial charge in [0.15, 0.2) is 11.6 Å². The van der Waals surface area contributed by atoms with Crippen molar-refractivity contribution >= 4 is 22.5 Å². The molecule has 7 rings (SSSR count). The van der Waals surface area contributed by atoms with Crippen LogP contribution in [-0.2, 0) is 25.9 Å². The minimum Gasteiger partial charge on any atom is -0.508 e. The minimum absolute atomic E-state index is 0.292. The van der Waals surface area contributed by atoms with Gasteiger partial charge in [-0.05, 0) is 71.1 Å². The number of aromatic hydroxyl groups is 2. The zero-order chi connectivity index (χ0) is 27.4. The highest BCUT2D eigenvalue weighted by atomic mass is 19.1. The van der Waals surface area contributed by atoms with Gasteiger partial charge in [0.1, 0.15) is 11.6 Å². The van der Waals surface area contributed by atoms with Gasteiger partial charge in [0, 0.05) is 49.2 Å². The molecule has 4 aromatic rings. The van der Waals surface area contributed by atoms with Crippen LogP contribution in [0.1, 0.15) is 47.2 Å². The van der Waals surface area contributed by atoms with E-state index >= 15 is 0 Å². The molecule has 3 N–H and O–H groups in total. The van der Waals surface area contributed by atoms with Crippen molar-refractivity contribution in [3.05, 3.63) is 106 Å². The third-order valence-electron chi connectivity index (χ3n) is 8.03. The monoisotopic (exact) mass is 532 g/mol. The van der Waals surface area contributed by atoms with Gasteiger partial charge in [-0.25, -0.2) is 9.37 Å². The molecule has 3 aliphatic rings. The first-order chi connectivity index (χ1) is 19.4. The molecule has 0 unspecified atom stereocenters. The molecule has 6 nitrogen and oxygen atoms in total. The van der Waals surface area contributed by atoms with Gasteiger partial charge in [-0.15, -0.1) is 0 Å². The Morgan fingerprint density at radius 2 is 1.95 bits per heavy atom. The molecule has 40 heavy (non-hydrogen) atoms. The maximum absolute atomic E-state index is 14.3. The molecule has 0 amide bonds. The van der Waals surface area contributed by atoms with Gasteiger partial charge < -0.3 is 15.2 Å². The number of rotatable bonds is 5. The highest BCUT2D eigenvalue weighted by Crippen LogP contribution is 2.43. The first kappa shape index (κ1) is 24.5. The molecule has 3 heterocycles. The summed E-state index contributed by atoms with van der Waals surface area (Å²) in [5.41, 5.74) is 11.0. The predicted octanol–water partition coefficient (Wildman–Crippen LogP) is 6.70. The Hall–Kier alpha value is -4.49. The Balaban J connectivity index is 1.16. The molecular formula is C33H29FN4O2. The number of imidazole rings is 1. The van der Waals surface area contributed by atoms with Crippen LogP contribution in [0.3, 0.4) is 0 Å². The van der Waals surface area contributed by atoms with Crippen LogP contribution in [0, 0.1) is 5.82 Å². The SMILES string of the molecule is CCc1cc(O)c(F)cc1-c1ccc2c(c1)C1=CC(c3nc4c([nH]3)CN(Cc3cccc(O)c3)CC4)=CCC1=N2. The molecule has 0 atom stereocenters. The standard InChI is InChI=1S/C33H29FN4O2/c1-2-20-15-32(40)27(34)16-24(20)21-6-8-28-25(13-21)26-14-22(7-9-29(26)35-28)33-36-30-10-11-38(18-31(30)37-33)17-19-4-3-5-23(39)12-19/h3-8,12-16,39-40H,2,9-11,17-18H2,1H3,(H,36,37). The molecular weight excluding hydrogens is 503 g/mol. The van der Waals surface area contributed by atoms with E-state index in [1.807, 2.05) is 37.3 Å². The molecule has 1 aromatic heterocycles. The second-order valence-electron chi connectivity index (χ2n) is 10.7. The number of H-pyrrole nitrogens is 1. The summed E-state index contributed by atoms with van der Waals surface area (Å²) >= 11 is 0. The molecule has 2 aliphatic heterocycles. The van der Waals surface area contributed by atoms with E-state index in [2.05, 4.69) is 28.1 Å². The molecule has 200 valence electrons. The summed E-state index contributed by atoms with van der Waals surface area (Å²) in [4.78, 5) is 15.8. The first-order valence-electron chi connectivity index (χ1n) is 13.7. The van der Waals surface area contributed by atoms with E-state index in [-0.39, 0.29) is 5.75 Å². The Morgan fingerprint density at radius 1 is 1.05 bits per heavy atom. The molecule has 0 fully saturated rings. The maximum Gasteiger partial charge on any atom is 0.165 e. The van der Waals surface area contributed by atoms with Crippen LogP contribution in [-0.4, -0.2) is 37.3 Å². The fraction of sp³-hybridized carbons (Fsp3) is 0.212. The van der Waals surface area contributed by atoms with Gasteiger partial charge in [0.25, 0.3) is 0 Å². The number of aromatic amines is 1. The number of hydrogen-bond donors (Lipinski definition) is 3.